The number of amides is 1. The van der Waals surface area contributed by atoms with Crippen molar-refractivity contribution >= 4 is 29.3 Å². The molecule has 1 aromatic carbocycles. The first-order valence-electron chi connectivity index (χ1n) is 8.78. The zero-order chi connectivity index (χ0) is 19.1. The first-order chi connectivity index (χ1) is 13.2. The molecule has 1 aromatic heterocycles. The van der Waals surface area contributed by atoms with Crippen LogP contribution in [0, 0.1) is 11.3 Å². The number of nitriles is 1. The number of carbonyl (C=O) groups is 1. The summed E-state index contributed by atoms with van der Waals surface area (Å²) in [5, 5.41) is 18.1. The number of aromatic nitrogens is 3. The van der Waals surface area contributed by atoms with Gasteiger partial charge in [0, 0.05) is 32.4 Å². The molecule has 3 rings (SSSR count). The van der Waals surface area contributed by atoms with Crippen molar-refractivity contribution in [1.29, 1.82) is 5.26 Å². The van der Waals surface area contributed by atoms with Crippen molar-refractivity contribution in [2.75, 3.05) is 48.4 Å². The fourth-order valence-electron chi connectivity index (χ4n) is 2.84. The summed E-state index contributed by atoms with van der Waals surface area (Å²) in [5.74, 6) is 0.963. The van der Waals surface area contributed by atoms with E-state index < -0.39 is 0 Å². The maximum Gasteiger partial charge on any atom is 0.237 e. The van der Waals surface area contributed by atoms with E-state index >= 15 is 0 Å². The lowest BCUT2D eigenvalue weighted by molar-refractivity contribution is -0.116. The Morgan fingerprint density at radius 3 is 2.74 bits per heavy atom. The van der Waals surface area contributed by atoms with Crippen molar-refractivity contribution in [2.24, 2.45) is 7.05 Å². The average Bonchev–Trinajstić information content (AvgIpc) is 3.08. The van der Waals surface area contributed by atoms with Gasteiger partial charge in [-0.3, -0.25) is 9.36 Å². The van der Waals surface area contributed by atoms with Gasteiger partial charge in [0.15, 0.2) is 5.16 Å². The number of benzene rings is 1. The number of hydrogen-bond acceptors (Lipinski definition) is 7. The number of morpholine rings is 1. The maximum atomic E-state index is 12.8. The molecule has 1 fully saturated rings. The molecule has 0 spiro atoms. The summed E-state index contributed by atoms with van der Waals surface area (Å²) < 4.78 is 7.28. The van der Waals surface area contributed by atoms with Crippen LogP contribution in [0.15, 0.2) is 35.5 Å². The van der Waals surface area contributed by atoms with E-state index in [9.17, 15) is 4.79 Å². The molecule has 9 heteroatoms. The molecule has 0 unspecified atom stereocenters. The van der Waals surface area contributed by atoms with E-state index in [-0.39, 0.29) is 18.1 Å². The number of nitrogens with zero attached hydrogens (tertiary/aromatic N) is 6. The average molecular weight is 386 g/mol. The molecule has 142 valence electrons. The second-order valence-electron chi connectivity index (χ2n) is 6.02. The van der Waals surface area contributed by atoms with E-state index in [2.05, 4.69) is 21.2 Å². The number of carbonyl (C=O) groups excluding carboxylic acids is 1. The molecular weight excluding hydrogens is 364 g/mol. The van der Waals surface area contributed by atoms with Gasteiger partial charge < -0.3 is 14.5 Å². The SMILES string of the molecule is Cn1c(SCC(=O)N(CCC#N)c2ccccc2)nnc1N1CCOCC1. The molecule has 8 nitrogen and oxygen atoms in total. The second kappa shape index (κ2) is 9.39. The van der Waals surface area contributed by atoms with Crippen LogP contribution in [0.3, 0.4) is 0 Å². The number of hydrogen-bond donors (Lipinski definition) is 0. The lowest BCUT2D eigenvalue weighted by atomic mass is 10.2. The van der Waals surface area contributed by atoms with E-state index in [1.807, 2.05) is 41.9 Å². The first-order valence-corrected chi connectivity index (χ1v) is 9.76. The summed E-state index contributed by atoms with van der Waals surface area (Å²) >= 11 is 1.35. The third-order valence-corrected chi connectivity index (χ3v) is 5.25. The standard InChI is InChI=1S/C18H22N6O2S/c1-22-17(23-10-12-26-13-11-23)20-21-18(22)27-14-16(25)24(9-5-8-19)15-6-3-2-4-7-15/h2-4,6-7H,5,9-14H2,1H3. The minimum atomic E-state index is -0.0580. The van der Waals surface area contributed by atoms with Gasteiger partial charge in [0.25, 0.3) is 0 Å². The van der Waals surface area contributed by atoms with Crippen LogP contribution in [0.2, 0.25) is 0 Å². The molecule has 2 aromatic rings. The Kier molecular flexibility index (Phi) is 6.68. The van der Waals surface area contributed by atoms with Crippen molar-refractivity contribution in [2.45, 2.75) is 11.6 Å². The van der Waals surface area contributed by atoms with Crippen molar-refractivity contribution < 1.29 is 9.53 Å². The predicted octanol–water partition coefficient (Wildman–Crippen LogP) is 1.69. The lowest BCUT2D eigenvalue weighted by Crippen LogP contribution is -2.37. The number of thioether (sulfide) groups is 1. The Morgan fingerprint density at radius 2 is 2.04 bits per heavy atom. The van der Waals surface area contributed by atoms with Crippen LogP contribution in [0.25, 0.3) is 0 Å². The highest BCUT2D eigenvalue weighted by Gasteiger charge is 2.21. The highest BCUT2D eigenvalue weighted by Crippen LogP contribution is 2.23. The molecule has 1 saturated heterocycles. The Morgan fingerprint density at radius 1 is 1.30 bits per heavy atom. The molecule has 0 bridgehead atoms. The molecule has 1 aliphatic rings. The third-order valence-electron chi connectivity index (χ3n) is 4.25. The van der Waals surface area contributed by atoms with Gasteiger partial charge in [-0.05, 0) is 12.1 Å². The van der Waals surface area contributed by atoms with Gasteiger partial charge >= 0.3 is 0 Å². The Labute approximate surface area is 162 Å². The highest BCUT2D eigenvalue weighted by atomic mass is 32.2. The minimum Gasteiger partial charge on any atom is -0.378 e. The zero-order valence-corrected chi connectivity index (χ0v) is 16.1. The first kappa shape index (κ1) is 19.2. The molecule has 0 atom stereocenters. The van der Waals surface area contributed by atoms with E-state index in [1.54, 1.807) is 4.90 Å². The van der Waals surface area contributed by atoms with Gasteiger partial charge in [-0.25, -0.2) is 0 Å². The van der Waals surface area contributed by atoms with Crippen molar-refractivity contribution in [3.63, 3.8) is 0 Å². The number of para-hydroxylation sites is 1. The number of anilines is 2. The Bertz CT molecular complexity index is 798. The quantitative estimate of drug-likeness (QED) is 0.669. The van der Waals surface area contributed by atoms with Gasteiger partial charge in [-0.2, -0.15) is 5.26 Å². The van der Waals surface area contributed by atoms with Crippen LogP contribution >= 0.6 is 11.8 Å². The van der Waals surface area contributed by atoms with Crippen molar-refractivity contribution in [3.05, 3.63) is 30.3 Å². The molecule has 0 saturated carbocycles. The molecule has 0 aliphatic carbocycles. The van der Waals surface area contributed by atoms with Crippen LogP contribution in [0.5, 0.6) is 0 Å². The topological polar surface area (TPSA) is 87.3 Å². The van der Waals surface area contributed by atoms with Gasteiger partial charge in [-0.15, -0.1) is 10.2 Å². The van der Waals surface area contributed by atoms with Gasteiger partial charge in [0.2, 0.25) is 11.9 Å². The molecule has 0 radical (unpaired) electrons. The molecular formula is C18H22N6O2S. The smallest absolute Gasteiger partial charge is 0.237 e. The summed E-state index contributed by atoms with van der Waals surface area (Å²) in [6.07, 6.45) is 0.288. The maximum absolute atomic E-state index is 12.8. The van der Waals surface area contributed by atoms with E-state index in [1.165, 1.54) is 11.8 Å². The predicted molar refractivity (Wildman–Crippen MR) is 104 cm³/mol. The number of rotatable bonds is 7. The lowest BCUT2D eigenvalue weighted by Gasteiger charge is -2.27. The molecule has 2 heterocycles. The van der Waals surface area contributed by atoms with Crippen LogP contribution in [0.4, 0.5) is 11.6 Å². The fourth-order valence-corrected chi connectivity index (χ4v) is 3.63. The van der Waals surface area contributed by atoms with Gasteiger partial charge in [0.1, 0.15) is 0 Å². The summed E-state index contributed by atoms with van der Waals surface area (Å²) in [5.41, 5.74) is 0.797. The summed E-state index contributed by atoms with van der Waals surface area (Å²) in [7, 11) is 1.91. The van der Waals surface area contributed by atoms with Crippen LogP contribution < -0.4 is 9.80 Å². The van der Waals surface area contributed by atoms with Crippen LogP contribution in [0.1, 0.15) is 6.42 Å². The Balaban J connectivity index is 1.65. The van der Waals surface area contributed by atoms with Crippen LogP contribution in [-0.2, 0) is 16.6 Å². The van der Waals surface area contributed by atoms with Crippen molar-refractivity contribution in [3.8, 4) is 6.07 Å². The summed E-state index contributed by atoms with van der Waals surface area (Å²) in [6, 6.07) is 11.5. The highest BCUT2D eigenvalue weighted by molar-refractivity contribution is 7.99. The van der Waals surface area contributed by atoms with Gasteiger partial charge in [0.05, 0.1) is 31.5 Å². The summed E-state index contributed by atoms with van der Waals surface area (Å²) in [4.78, 5) is 16.5. The van der Waals surface area contributed by atoms with E-state index in [0.29, 0.717) is 24.9 Å². The normalized spacial score (nSPS) is 14.0. The zero-order valence-electron chi connectivity index (χ0n) is 15.2. The van der Waals surface area contributed by atoms with E-state index in [4.69, 9.17) is 10.00 Å². The summed E-state index contributed by atoms with van der Waals surface area (Å²) in [6.45, 7) is 3.30. The monoisotopic (exact) mass is 386 g/mol. The van der Waals surface area contributed by atoms with E-state index in [0.717, 1.165) is 24.7 Å². The minimum absolute atomic E-state index is 0.0580. The molecule has 0 N–H and O–H groups in total. The van der Waals surface area contributed by atoms with Crippen LogP contribution in [-0.4, -0.2) is 59.3 Å². The molecule has 1 amide bonds. The fraction of sp³-hybridized carbons (Fsp3) is 0.444. The molecule has 27 heavy (non-hydrogen) atoms. The largest absolute Gasteiger partial charge is 0.378 e. The number of ether oxygens (including phenoxy) is 1. The van der Waals surface area contributed by atoms with Crippen molar-refractivity contribution in [1.82, 2.24) is 14.8 Å². The van der Waals surface area contributed by atoms with Gasteiger partial charge in [-0.1, -0.05) is 30.0 Å². The molecule has 1 aliphatic heterocycles. The Hall–Kier alpha value is -2.57. The third kappa shape index (κ3) is 4.78. The second-order valence-corrected chi connectivity index (χ2v) is 6.96.